The van der Waals surface area contributed by atoms with Gasteiger partial charge >= 0.3 is 0 Å². The maximum atomic E-state index is 8.65. The first kappa shape index (κ1) is 8.74. The van der Waals surface area contributed by atoms with Gasteiger partial charge < -0.3 is 10.2 Å². The minimum Gasteiger partial charge on any atom is -0.508 e. The van der Waals surface area contributed by atoms with Gasteiger partial charge in [-0.15, -0.1) is 0 Å². The summed E-state index contributed by atoms with van der Waals surface area (Å²) in [4.78, 5) is 0. The van der Waals surface area contributed by atoms with E-state index in [1.165, 1.54) is 24.3 Å². The van der Waals surface area contributed by atoms with Crippen molar-refractivity contribution in [2.75, 3.05) is 0 Å². The Balaban J connectivity index is 0.000000371. The normalized spacial score (nSPS) is 7.80. The summed E-state index contributed by atoms with van der Waals surface area (Å²) in [6, 6.07) is 5.70. The molecule has 0 spiro atoms. The number of phenols is 2. The monoisotopic (exact) mass is 142 g/mol. The van der Waals surface area contributed by atoms with Crippen LogP contribution in [0.1, 0.15) is 0 Å². The van der Waals surface area contributed by atoms with Gasteiger partial charge in [0.25, 0.3) is 0 Å². The molecule has 10 heavy (non-hydrogen) atoms. The number of aromatic hydroxyl groups is 2. The fourth-order valence-electron chi connectivity index (χ4n) is 0.453. The minimum absolute atomic E-state index is 0.169. The zero-order valence-electron chi connectivity index (χ0n) is 5.36. The van der Waals surface area contributed by atoms with E-state index in [2.05, 4.69) is 11.7 Å². The summed E-state index contributed by atoms with van der Waals surface area (Å²) in [7, 11) is 0. The molecule has 1 rings (SSSR count). The lowest BCUT2D eigenvalue weighted by atomic mass is 10.3. The molecule has 0 unspecified atom stereocenters. The van der Waals surface area contributed by atoms with Crippen molar-refractivity contribution in [3.05, 3.63) is 24.3 Å². The van der Waals surface area contributed by atoms with Crippen LogP contribution < -0.4 is 11.7 Å². The predicted molar refractivity (Wildman–Crippen MR) is 38.1 cm³/mol. The van der Waals surface area contributed by atoms with E-state index in [9.17, 15) is 0 Å². The SMILES string of the molecule is NN.Oc1ccc(O)cc1. The van der Waals surface area contributed by atoms with Crippen LogP contribution in [-0.2, 0) is 0 Å². The van der Waals surface area contributed by atoms with Gasteiger partial charge in [0.1, 0.15) is 11.5 Å². The number of hydrazine groups is 1. The van der Waals surface area contributed by atoms with E-state index in [4.69, 9.17) is 10.2 Å². The summed E-state index contributed by atoms with van der Waals surface area (Å²) in [6.45, 7) is 0. The minimum atomic E-state index is 0.169. The molecule has 1 aromatic carbocycles. The van der Waals surface area contributed by atoms with Crippen molar-refractivity contribution in [1.82, 2.24) is 0 Å². The molecular formula is C6H10N2O2. The molecular weight excluding hydrogens is 132 g/mol. The van der Waals surface area contributed by atoms with Gasteiger partial charge in [-0.3, -0.25) is 11.7 Å². The molecule has 0 aromatic heterocycles. The van der Waals surface area contributed by atoms with Crippen LogP contribution in [0.25, 0.3) is 0 Å². The molecule has 0 amide bonds. The van der Waals surface area contributed by atoms with E-state index in [0.29, 0.717) is 0 Å². The molecule has 4 heteroatoms. The summed E-state index contributed by atoms with van der Waals surface area (Å²) in [5.74, 6) is 8.34. The number of hydrogen-bond donors (Lipinski definition) is 4. The van der Waals surface area contributed by atoms with Gasteiger partial charge in [-0.1, -0.05) is 0 Å². The lowest BCUT2D eigenvalue weighted by Gasteiger charge is -1.88. The van der Waals surface area contributed by atoms with Gasteiger partial charge in [-0.05, 0) is 24.3 Å². The lowest BCUT2D eigenvalue weighted by molar-refractivity contribution is 0.460. The Hall–Kier alpha value is -1.26. The standard InChI is InChI=1S/C6H6O2.H4N2/c7-5-1-2-6(8)4-3-5;1-2/h1-4,7-8H;1-2H2. The number of hydrogen-bond acceptors (Lipinski definition) is 4. The van der Waals surface area contributed by atoms with Crippen LogP contribution in [0.3, 0.4) is 0 Å². The van der Waals surface area contributed by atoms with Crippen LogP contribution in [0, 0.1) is 0 Å². The predicted octanol–water partition coefficient (Wildman–Crippen LogP) is -0.0834. The molecule has 0 bridgehead atoms. The fraction of sp³-hybridized carbons (Fsp3) is 0. The Labute approximate surface area is 58.7 Å². The second-order valence-corrected chi connectivity index (χ2v) is 1.52. The Morgan fingerprint density at radius 3 is 1.20 bits per heavy atom. The van der Waals surface area contributed by atoms with Crippen LogP contribution in [0.2, 0.25) is 0 Å². The summed E-state index contributed by atoms with van der Waals surface area (Å²) >= 11 is 0. The van der Waals surface area contributed by atoms with Crippen molar-refractivity contribution in [2.24, 2.45) is 11.7 Å². The van der Waals surface area contributed by atoms with E-state index in [1.807, 2.05) is 0 Å². The molecule has 56 valence electrons. The van der Waals surface area contributed by atoms with Crippen LogP contribution in [0.4, 0.5) is 0 Å². The van der Waals surface area contributed by atoms with Crippen LogP contribution in [-0.4, -0.2) is 10.2 Å². The van der Waals surface area contributed by atoms with E-state index in [0.717, 1.165) is 0 Å². The second kappa shape index (κ2) is 4.60. The average Bonchev–Trinajstić information content (AvgIpc) is 2.00. The van der Waals surface area contributed by atoms with Crippen molar-refractivity contribution in [3.63, 3.8) is 0 Å². The number of rotatable bonds is 0. The number of benzene rings is 1. The smallest absolute Gasteiger partial charge is 0.115 e. The topological polar surface area (TPSA) is 92.5 Å². The third-order valence-electron chi connectivity index (χ3n) is 0.850. The van der Waals surface area contributed by atoms with Crippen LogP contribution in [0.15, 0.2) is 24.3 Å². The van der Waals surface area contributed by atoms with Crippen molar-refractivity contribution in [3.8, 4) is 11.5 Å². The lowest BCUT2D eigenvalue weighted by Crippen LogP contribution is -2.02. The summed E-state index contributed by atoms with van der Waals surface area (Å²) < 4.78 is 0. The number of phenolic OH excluding ortho intramolecular Hbond substituents is 2. The number of nitrogens with two attached hydrogens (primary N) is 2. The highest BCUT2D eigenvalue weighted by Crippen LogP contribution is 2.13. The van der Waals surface area contributed by atoms with E-state index < -0.39 is 0 Å². The molecule has 0 fully saturated rings. The fourth-order valence-corrected chi connectivity index (χ4v) is 0.453. The molecule has 0 saturated carbocycles. The van der Waals surface area contributed by atoms with Crippen molar-refractivity contribution in [1.29, 1.82) is 0 Å². The van der Waals surface area contributed by atoms with Crippen molar-refractivity contribution >= 4 is 0 Å². The Bertz CT molecular complexity index is 153. The molecule has 0 radical (unpaired) electrons. The zero-order chi connectivity index (χ0) is 7.98. The third kappa shape index (κ3) is 2.91. The van der Waals surface area contributed by atoms with Gasteiger partial charge in [-0.2, -0.15) is 0 Å². The molecule has 0 aliphatic carbocycles. The average molecular weight is 142 g/mol. The van der Waals surface area contributed by atoms with Crippen molar-refractivity contribution in [2.45, 2.75) is 0 Å². The molecule has 0 heterocycles. The van der Waals surface area contributed by atoms with Gasteiger partial charge in [0.05, 0.1) is 0 Å². The molecule has 6 N–H and O–H groups in total. The van der Waals surface area contributed by atoms with Crippen LogP contribution >= 0.6 is 0 Å². The van der Waals surface area contributed by atoms with Gasteiger partial charge in [-0.25, -0.2) is 0 Å². The maximum Gasteiger partial charge on any atom is 0.115 e. The first-order valence-corrected chi connectivity index (χ1v) is 2.60. The zero-order valence-corrected chi connectivity index (χ0v) is 5.36. The molecule has 0 aliphatic heterocycles. The molecule has 0 aliphatic rings. The quantitative estimate of drug-likeness (QED) is 0.231. The summed E-state index contributed by atoms with van der Waals surface area (Å²) in [5, 5.41) is 17.3. The molecule has 0 atom stereocenters. The highest BCUT2D eigenvalue weighted by Gasteiger charge is 1.84. The van der Waals surface area contributed by atoms with Gasteiger partial charge in [0.2, 0.25) is 0 Å². The first-order valence-electron chi connectivity index (χ1n) is 2.60. The highest BCUT2D eigenvalue weighted by atomic mass is 16.3. The first-order chi connectivity index (χ1) is 4.79. The Morgan fingerprint density at radius 1 is 0.800 bits per heavy atom. The second-order valence-electron chi connectivity index (χ2n) is 1.52. The molecule has 4 nitrogen and oxygen atoms in total. The van der Waals surface area contributed by atoms with Crippen molar-refractivity contribution < 1.29 is 10.2 Å². The summed E-state index contributed by atoms with van der Waals surface area (Å²) in [5.41, 5.74) is 0. The molecule has 0 saturated heterocycles. The van der Waals surface area contributed by atoms with Gasteiger partial charge in [0, 0.05) is 0 Å². The van der Waals surface area contributed by atoms with E-state index in [1.54, 1.807) is 0 Å². The Kier molecular flexibility index (Phi) is 4.02. The summed E-state index contributed by atoms with van der Waals surface area (Å²) in [6.07, 6.45) is 0. The van der Waals surface area contributed by atoms with E-state index >= 15 is 0 Å². The van der Waals surface area contributed by atoms with E-state index in [-0.39, 0.29) is 11.5 Å². The van der Waals surface area contributed by atoms with Crippen LogP contribution in [0.5, 0.6) is 11.5 Å². The highest BCUT2D eigenvalue weighted by molar-refractivity contribution is 5.28. The van der Waals surface area contributed by atoms with Gasteiger partial charge in [0.15, 0.2) is 0 Å². The third-order valence-corrected chi connectivity index (χ3v) is 0.850. The molecule has 1 aromatic rings. The largest absolute Gasteiger partial charge is 0.508 e. The Morgan fingerprint density at radius 2 is 1.00 bits per heavy atom. The maximum absolute atomic E-state index is 8.65.